The fraction of sp³-hybridized carbons (Fsp3) is 0.167. The summed E-state index contributed by atoms with van der Waals surface area (Å²) in [4.78, 5) is 16.0. The van der Waals surface area contributed by atoms with Crippen LogP contribution >= 0.6 is 22.9 Å². The van der Waals surface area contributed by atoms with Gasteiger partial charge in [-0.25, -0.2) is 9.37 Å². The maximum atomic E-state index is 12.7. The number of aromatic nitrogens is 1. The third kappa shape index (κ3) is 2.70. The number of ketones is 1. The molecule has 0 bridgehead atoms. The molecule has 0 aliphatic rings. The Morgan fingerprint density at radius 3 is 2.59 bits per heavy atom. The molecule has 0 amide bonds. The molecule has 5 heteroatoms. The number of rotatable bonds is 3. The Morgan fingerprint density at radius 2 is 2.06 bits per heavy atom. The van der Waals surface area contributed by atoms with Crippen LogP contribution in [-0.2, 0) is 0 Å². The zero-order chi connectivity index (χ0) is 12.4. The molecule has 2 aromatic rings. The van der Waals surface area contributed by atoms with Gasteiger partial charge >= 0.3 is 0 Å². The quantitative estimate of drug-likeness (QED) is 0.627. The molecule has 1 unspecified atom stereocenters. The summed E-state index contributed by atoms with van der Waals surface area (Å²) in [6.07, 6.45) is 0. The van der Waals surface area contributed by atoms with Crippen LogP contribution in [0.2, 0.25) is 0 Å². The number of benzene rings is 1. The molecule has 2 rings (SSSR count). The van der Waals surface area contributed by atoms with Gasteiger partial charge in [0.1, 0.15) is 16.9 Å². The van der Waals surface area contributed by atoms with Crippen LogP contribution in [0.15, 0.2) is 29.6 Å². The van der Waals surface area contributed by atoms with Gasteiger partial charge in [0.25, 0.3) is 0 Å². The largest absolute Gasteiger partial charge is 0.290 e. The van der Waals surface area contributed by atoms with Crippen molar-refractivity contribution in [2.24, 2.45) is 0 Å². The van der Waals surface area contributed by atoms with Crippen LogP contribution in [0.1, 0.15) is 26.4 Å². The second-order valence-corrected chi connectivity index (χ2v) is 5.03. The molecule has 2 nitrogen and oxygen atoms in total. The first-order valence-corrected chi connectivity index (χ1v) is 6.25. The third-order valence-electron chi connectivity index (χ3n) is 2.26. The van der Waals surface area contributed by atoms with Gasteiger partial charge in [0.2, 0.25) is 5.78 Å². The van der Waals surface area contributed by atoms with Gasteiger partial charge < -0.3 is 0 Å². The lowest BCUT2D eigenvalue weighted by atomic mass is 10.1. The van der Waals surface area contributed by atoms with E-state index in [1.165, 1.54) is 35.6 Å². The van der Waals surface area contributed by atoms with Crippen LogP contribution in [0.25, 0.3) is 0 Å². The zero-order valence-electron chi connectivity index (χ0n) is 8.98. The van der Waals surface area contributed by atoms with E-state index in [0.717, 1.165) is 5.01 Å². The minimum Gasteiger partial charge on any atom is -0.290 e. The number of hydrogen-bond donors (Lipinski definition) is 0. The van der Waals surface area contributed by atoms with Gasteiger partial charge in [-0.2, -0.15) is 0 Å². The lowest BCUT2D eigenvalue weighted by Crippen LogP contribution is -2.08. The molecule has 0 fully saturated rings. The van der Waals surface area contributed by atoms with E-state index in [-0.39, 0.29) is 11.6 Å². The number of carbonyl (C=O) groups excluding carboxylic acids is 1. The Bertz CT molecular complexity index is 538. The van der Waals surface area contributed by atoms with Crippen molar-refractivity contribution in [2.45, 2.75) is 12.3 Å². The zero-order valence-corrected chi connectivity index (χ0v) is 10.6. The van der Waals surface area contributed by atoms with Gasteiger partial charge in [-0.1, -0.05) is 12.1 Å². The van der Waals surface area contributed by atoms with Crippen molar-refractivity contribution in [3.8, 4) is 0 Å². The molecule has 1 aromatic carbocycles. The Morgan fingerprint density at radius 1 is 1.41 bits per heavy atom. The second kappa shape index (κ2) is 4.94. The number of aryl methyl sites for hydroxylation is 1. The molecule has 17 heavy (non-hydrogen) atoms. The Kier molecular flexibility index (Phi) is 3.54. The molecular formula is C12H9ClFNOS. The van der Waals surface area contributed by atoms with Crippen LogP contribution < -0.4 is 0 Å². The van der Waals surface area contributed by atoms with Crippen molar-refractivity contribution < 1.29 is 9.18 Å². The smallest absolute Gasteiger partial charge is 0.204 e. The van der Waals surface area contributed by atoms with E-state index < -0.39 is 5.38 Å². The van der Waals surface area contributed by atoms with Gasteiger partial charge in [0.15, 0.2) is 0 Å². The molecule has 88 valence electrons. The summed E-state index contributed by atoms with van der Waals surface area (Å²) in [5.41, 5.74) is 0.931. The SMILES string of the molecule is Cc1nc(C(=O)C(Cl)c2ccc(F)cc2)cs1. The van der Waals surface area contributed by atoms with Gasteiger partial charge in [0.05, 0.1) is 5.01 Å². The molecule has 0 radical (unpaired) electrons. The minimum absolute atomic E-state index is 0.261. The molecule has 0 N–H and O–H groups in total. The molecule has 0 aliphatic carbocycles. The first kappa shape index (κ1) is 12.2. The highest BCUT2D eigenvalue weighted by atomic mass is 35.5. The summed E-state index contributed by atoms with van der Waals surface area (Å²) in [6.45, 7) is 1.82. The highest BCUT2D eigenvalue weighted by Crippen LogP contribution is 2.25. The van der Waals surface area contributed by atoms with Crippen LogP contribution in [0.4, 0.5) is 4.39 Å². The average molecular weight is 270 g/mol. The fourth-order valence-electron chi connectivity index (χ4n) is 1.39. The predicted octanol–water partition coefficient (Wildman–Crippen LogP) is 3.75. The van der Waals surface area contributed by atoms with E-state index >= 15 is 0 Å². The summed E-state index contributed by atoms with van der Waals surface area (Å²) in [6, 6.07) is 5.57. The van der Waals surface area contributed by atoms with Crippen molar-refractivity contribution in [2.75, 3.05) is 0 Å². The van der Waals surface area contributed by atoms with Gasteiger partial charge in [0, 0.05) is 5.38 Å². The molecular weight excluding hydrogens is 261 g/mol. The Labute approximate surface area is 107 Å². The Balaban J connectivity index is 2.23. The molecule has 0 aliphatic heterocycles. The third-order valence-corrected chi connectivity index (χ3v) is 3.49. The van der Waals surface area contributed by atoms with Crippen molar-refractivity contribution in [1.82, 2.24) is 4.98 Å². The summed E-state index contributed by atoms with van der Waals surface area (Å²) < 4.78 is 12.7. The first-order chi connectivity index (χ1) is 8.08. The maximum Gasteiger partial charge on any atom is 0.204 e. The second-order valence-electron chi connectivity index (χ2n) is 3.53. The molecule has 1 heterocycles. The molecule has 0 saturated heterocycles. The van der Waals surface area contributed by atoms with Crippen molar-refractivity contribution in [3.05, 3.63) is 51.7 Å². The topological polar surface area (TPSA) is 30.0 Å². The van der Waals surface area contributed by atoms with Crippen LogP contribution in [-0.4, -0.2) is 10.8 Å². The summed E-state index contributed by atoms with van der Waals surface area (Å²) in [7, 11) is 0. The fourth-order valence-corrected chi connectivity index (χ4v) is 2.25. The number of alkyl halides is 1. The first-order valence-electron chi connectivity index (χ1n) is 4.94. The van der Waals surface area contributed by atoms with E-state index in [2.05, 4.69) is 4.98 Å². The van der Waals surface area contributed by atoms with Crippen molar-refractivity contribution in [1.29, 1.82) is 0 Å². The predicted molar refractivity (Wildman–Crippen MR) is 66.2 cm³/mol. The lowest BCUT2D eigenvalue weighted by molar-refractivity contribution is 0.0983. The molecule has 1 atom stereocenters. The average Bonchev–Trinajstić information content (AvgIpc) is 2.75. The number of nitrogens with zero attached hydrogens (tertiary/aromatic N) is 1. The molecule has 0 saturated carbocycles. The van der Waals surface area contributed by atoms with Crippen LogP contribution in [0.3, 0.4) is 0 Å². The minimum atomic E-state index is -0.822. The maximum absolute atomic E-state index is 12.7. The molecule has 1 aromatic heterocycles. The number of halogens is 2. The normalized spacial score (nSPS) is 12.4. The van der Waals surface area contributed by atoms with E-state index in [4.69, 9.17) is 11.6 Å². The molecule has 0 spiro atoms. The lowest BCUT2D eigenvalue weighted by Gasteiger charge is -2.06. The number of Topliss-reactive ketones (excluding diaryl/α,β-unsaturated/α-hetero) is 1. The summed E-state index contributed by atoms with van der Waals surface area (Å²) >= 11 is 7.44. The van der Waals surface area contributed by atoms with Gasteiger partial charge in [-0.3, -0.25) is 4.79 Å². The van der Waals surface area contributed by atoms with Gasteiger partial charge in [-0.05, 0) is 24.6 Å². The standard InChI is InChI=1S/C12H9ClFNOS/c1-7-15-10(6-17-7)12(16)11(13)8-2-4-9(14)5-3-8/h2-6,11H,1H3. The van der Waals surface area contributed by atoms with E-state index in [0.29, 0.717) is 11.3 Å². The number of carbonyl (C=O) groups is 1. The highest BCUT2D eigenvalue weighted by Gasteiger charge is 2.21. The van der Waals surface area contributed by atoms with Crippen LogP contribution in [0, 0.1) is 12.7 Å². The van der Waals surface area contributed by atoms with Crippen LogP contribution in [0.5, 0.6) is 0 Å². The van der Waals surface area contributed by atoms with Crippen molar-refractivity contribution in [3.63, 3.8) is 0 Å². The van der Waals surface area contributed by atoms with E-state index in [9.17, 15) is 9.18 Å². The van der Waals surface area contributed by atoms with E-state index in [1.54, 1.807) is 5.38 Å². The summed E-state index contributed by atoms with van der Waals surface area (Å²) in [5, 5.41) is 1.67. The van der Waals surface area contributed by atoms with Gasteiger partial charge in [-0.15, -0.1) is 22.9 Å². The Hall–Kier alpha value is -1.26. The number of thiazole rings is 1. The number of hydrogen-bond acceptors (Lipinski definition) is 3. The van der Waals surface area contributed by atoms with E-state index in [1.807, 2.05) is 6.92 Å². The van der Waals surface area contributed by atoms with Crippen molar-refractivity contribution >= 4 is 28.7 Å². The highest BCUT2D eigenvalue weighted by molar-refractivity contribution is 7.09. The summed E-state index contributed by atoms with van der Waals surface area (Å²) in [5.74, 6) is -0.614. The monoisotopic (exact) mass is 269 g/mol.